The minimum absolute atomic E-state index is 0.0433. The molecule has 4 nitrogen and oxygen atoms in total. The molecule has 0 radical (unpaired) electrons. The molecule has 1 aliphatic heterocycles. The van der Waals surface area contributed by atoms with Crippen LogP contribution in [0, 0.1) is 17.6 Å². The van der Waals surface area contributed by atoms with Crippen molar-refractivity contribution in [1.82, 2.24) is 10.2 Å². The lowest BCUT2D eigenvalue weighted by atomic mass is 10.0. The first-order valence-corrected chi connectivity index (χ1v) is 8.59. The maximum absolute atomic E-state index is 13.2. The van der Waals surface area contributed by atoms with Crippen LogP contribution in [0.3, 0.4) is 0 Å². The van der Waals surface area contributed by atoms with Crippen LogP contribution in [0.1, 0.15) is 48.9 Å². The van der Waals surface area contributed by atoms with Gasteiger partial charge in [0.2, 0.25) is 5.91 Å². The summed E-state index contributed by atoms with van der Waals surface area (Å²) in [7, 11) is 0. The van der Waals surface area contributed by atoms with Crippen LogP contribution >= 0.6 is 0 Å². The van der Waals surface area contributed by atoms with E-state index in [1.807, 2.05) is 4.90 Å². The van der Waals surface area contributed by atoms with Gasteiger partial charge in [-0.05, 0) is 43.9 Å². The molecule has 0 bridgehead atoms. The van der Waals surface area contributed by atoms with E-state index in [1.54, 1.807) is 0 Å². The number of carbonyl (C=O) groups is 2. The van der Waals surface area contributed by atoms with Crippen LogP contribution in [-0.2, 0) is 4.79 Å². The minimum Gasteiger partial charge on any atom is -0.349 e. The summed E-state index contributed by atoms with van der Waals surface area (Å²) in [6, 6.07) is 3.08. The molecule has 1 aromatic rings. The molecule has 6 heteroatoms. The highest BCUT2D eigenvalue weighted by atomic mass is 19.2. The Hall–Kier alpha value is -1.98. The van der Waals surface area contributed by atoms with Crippen molar-refractivity contribution in [2.45, 2.75) is 44.6 Å². The first kappa shape index (κ1) is 16.9. The van der Waals surface area contributed by atoms with Crippen molar-refractivity contribution < 1.29 is 18.4 Å². The highest BCUT2D eigenvalue weighted by Crippen LogP contribution is 2.27. The second kappa shape index (κ2) is 7.28. The minimum atomic E-state index is -1.03. The van der Waals surface area contributed by atoms with Gasteiger partial charge < -0.3 is 10.2 Å². The predicted octanol–water partition coefficient (Wildman–Crippen LogP) is 2.88. The Morgan fingerprint density at radius 2 is 1.67 bits per heavy atom. The summed E-state index contributed by atoms with van der Waals surface area (Å²) in [5.74, 6) is -1.98. The molecule has 1 aliphatic carbocycles. The Labute approximate surface area is 140 Å². The molecule has 1 saturated heterocycles. The number of halogens is 2. The Bertz CT molecular complexity index is 621. The standard InChI is InChI=1S/C18H22F2N2O2/c19-15-6-5-13(11-16(15)20)17(23)21-14-7-9-22(10-8-14)18(24)12-3-1-2-4-12/h5-6,11-12,14H,1-4,7-10H2,(H,21,23). The zero-order valence-electron chi connectivity index (χ0n) is 13.6. The molecule has 1 N–H and O–H groups in total. The van der Waals surface area contributed by atoms with Crippen LogP contribution < -0.4 is 5.32 Å². The Morgan fingerprint density at radius 3 is 2.29 bits per heavy atom. The molecule has 24 heavy (non-hydrogen) atoms. The summed E-state index contributed by atoms with van der Waals surface area (Å²) < 4.78 is 26.1. The smallest absolute Gasteiger partial charge is 0.251 e. The van der Waals surface area contributed by atoms with Gasteiger partial charge >= 0.3 is 0 Å². The number of nitrogens with one attached hydrogen (secondary N) is 1. The molecule has 1 aromatic carbocycles. The van der Waals surface area contributed by atoms with Crippen molar-refractivity contribution in [3.8, 4) is 0 Å². The number of carbonyl (C=O) groups excluding carboxylic acids is 2. The van der Waals surface area contributed by atoms with E-state index >= 15 is 0 Å². The van der Waals surface area contributed by atoms with E-state index in [1.165, 1.54) is 6.07 Å². The van der Waals surface area contributed by atoms with E-state index in [4.69, 9.17) is 0 Å². The molecular formula is C18H22F2N2O2. The molecule has 0 aromatic heterocycles. The fourth-order valence-electron chi connectivity index (χ4n) is 3.58. The average Bonchev–Trinajstić information content (AvgIpc) is 3.12. The SMILES string of the molecule is O=C(NC1CCN(C(=O)C2CCCC2)CC1)c1ccc(F)c(F)c1. The van der Waals surface area contributed by atoms with Gasteiger partial charge in [0.1, 0.15) is 0 Å². The van der Waals surface area contributed by atoms with Crippen LogP contribution in [0.2, 0.25) is 0 Å². The Kier molecular flexibility index (Phi) is 5.11. The molecule has 130 valence electrons. The van der Waals surface area contributed by atoms with Crippen molar-refractivity contribution >= 4 is 11.8 Å². The lowest BCUT2D eigenvalue weighted by Gasteiger charge is -2.34. The number of piperidine rings is 1. The van der Waals surface area contributed by atoms with Gasteiger partial charge in [-0.25, -0.2) is 8.78 Å². The number of benzene rings is 1. The van der Waals surface area contributed by atoms with Crippen LogP contribution in [-0.4, -0.2) is 35.8 Å². The Morgan fingerprint density at radius 1 is 1.00 bits per heavy atom. The normalized spacial score (nSPS) is 19.5. The van der Waals surface area contributed by atoms with Gasteiger partial charge in [-0.2, -0.15) is 0 Å². The molecule has 1 saturated carbocycles. The van der Waals surface area contributed by atoms with E-state index in [-0.39, 0.29) is 23.4 Å². The van der Waals surface area contributed by atoms with Crippen molar-refractivity contribution in [2.75, 3.05) is 13.1 Å². The highest BCUT2D eigenvalue weighted by Gasteiger charge is 2.30. The highest BCUT2D eigenvalue weighted by molar-refractivity contribution is 5.94. The summed E-state index contributed by atoms with van der Waals surface area (Å²) in [6.07, 6.45) is 5.63. The Balaban J connectivity index is 1.50. The lowest BCUT2D eigenvalue weighted by molar-refractivity contribution is -0.136. The molecule has 0 atom stereocenters. The number of nitrogens with zero attached hydrogens (tertiary/aromatic N) is 1. The molecular weight excluding hydrogens is 314 g/mol. The maximum atomic E-state index is 13.2. The third kappa shape index (κ3) is 3.74. The zero-order valence-corrected chi connectivity index (χ0v) is 13.6. The number of likely N-dealkylation sites (tertiary alicyclic amines) is 1. The monoisotopic (exact) mass is 336 g/mol. The van der Waals surface area contributed by atoms with Gasteiger partial charge in [0.05, 0.1) is 0 Å². The molecule has 1 heterocycles. The van der Waals surface area contributed by atoms with Gasteiger partial charge in [0, 0.05) is 30.6 Å². The molecule has 3 rings (SSSR count). The molecule has 2 amide bonds. The van der Waals surface area contributed by atoms with Gasteiger partial charge in [0.25, 0.3) is 5.91 Å². The molecule has 0 unspecified atom stereocenters. The van der Waals surface area contributed by atoms with E-state index in [9.17, 15) is 18.4 Å². The number of hydrogen-bond acceptors (Lipinski definition) is 2. The van der Waals surface area contributed by atoms with Crippen molar-refractivity contribution in [3.05, 3.63) is 35.4 Å². The van der Waals surface area contributed by atoms with Gasteiger partial charge in [-0.3, -0.25) is 9.59 Å². The van der Waals surface area contributed by atoms with Crippen LogP contribution in [0.5, 0.6) is 0 Å². The van der Waals surface area contributed by atoms with E-state index in [2.05, 4.69) is 5.32 Å². The number of rotatable bonds is 3. The summed E-state index contributed by atoms with van der Waals surface area (Å²) in [5, 5.41) is 2.84. The van der Waals surface area contributed by atoms with Crippen molar-refractivity contribution in [3.63, 3.8) is 0 Å². The maximum Gasteiger partial charge on any atom is 0.251 e. The summed E-state index contributed by atoms with van der Waals surface area (Å²) >= 11 is 0. The zero-order chi connectivity index (χ0) is 17.1. The topological polar surface area (TPSA) is 49.4 Å². The fraction of sp³-hybridized carbons (Fsp3) is 0.556. The van der Waals surface area contributed by atoms with E-state index < -0.39 is 17.5 Å². The van der Waals surface area contributed by atoms with Crippen LogP contribution in [0.15, 0.2) is 18.2 Å². The summed E-state index contributed by atoms with van der Waals surface area (Å²) in [6.45, 7) is 1.27. The average molecular weight is 336 g/mol. The van der Waals surface area contributed by atoms with Crippen LogP contribution in [0.4, 0.5) is 8.78 Å². The number of amides is 2. The van der Waals surface area contributed by atoms with Gasteiger partial charge in [0.15, 0.2) is 11.6 Å². The fourth-order valence-corrected chi connectivity index (χ4v) is 3.58. The summed E-state index contributed by atoms with van der Waals surface area (Å²) in [4.78, 5) is 26.4. The molecule has 0 spiro atoms. The third-order valence-corrected chi connectivity index (χ3v) is 5.03. The molecule has 2 fully saturated rings. The van der Waals surface area contributed by atoms with Gasteiger partial charge in [-0.1, -0.05) is 12.8 Å². The largest absolute Gasteiger partial charge is 0.349 e. The predicted molar refractivity (Wildman–Crippen MR) is 85.4 cm³/mol. The third-order valence-electron chi connectivity index (χ3n) is 5.03. The van der Waals surface area contributed by atoms with Crippen molar-refractivity contribution in [1.29, 1.82) is 0 Å². The van der Waals surface area contributed by atoms with Crippen molar-refractivity contribution in [2.24, 2.45) is 5.92 Å². The van der Waals surface area contributed by atoms with Gasteiger partial charge in [-0.15, -0.1) is 0 Å². The lowest BCUT2D eigenvalue weighted by Crippen LogP contribution is -2.47. The summed E-state index contributed by atoms with van der Waals surface area (Å²) in [5.41, 5.74) is 0.110. The first-order valence-electron chi connectivity index (χ1n) is 8.59. The number of hydrogen-bond donors (Lipinski definition) is 1. The first-order chi connectivity index (χ1) is 11.5. The van der Waals surface area contributed by atoms with Crippen LogP contribution in [0.25, 0.3) is 0 Å². The van der Waals surface area contributed by atoms with E-state index in [0.29, 0.717) is 25.9 Å². The quantitative estimate of drug-likeness (QED) is 0.923. The molecule has 2 aliphatic rings. The van der Waals surface area contributed by atoms with E-state index in [0.717, 1.165) is 37.8 Å². The second-order valence-electron chi connectivity index (χ2n) is 6.68. The second-order valence-corrected chi connectivity index (χ2v) is 6.68.